The highest BCUT2D eigenvalue weighted by molar-refractivity contribution is 7.99. The Labute approximate surface area is 197 Å². The van der Waals surface area contributed by atoms with Gasteiger partial charge in [0.1, 0.15) is 11.6 Å². The van der Waals surface area contributed by atoms with Crippen molar-refractivity contribution < 1.29 is 0 Å². The first-order valence-corrected chi connectivity index (χ1v) is 12.3. The minimum Gasteiger partial charge on any atom is -0.354 e. The summed E-state index contributed by atoms with van der Waals surface area (Å²) in [5.74, 6) is 3.18. The lowest BCUT2D eigenvalue weighted by Crippen LogP contribution is -2.44. The summed E-state index contributed by atoms with van der Waals surface area (Å²) in [7, 11) is 2.17. The largest absolute Gasteiger partial charge is 0.354 e. The third-order valence-corrected chi connectivity index (χ3v) is 7.18. The summed E-state index contributed by atoms with van der Waals surface area (Å²) in [6.07, 6.45) is 2.49. The van der Waals surface area contributed by atoms with Crippen LogP contribution >= 0.6 is 11.8 Å². The number of fused-ring (bicyclic) bond motifs is 1. The Bertz CT molecular complexity index is 1270. The van der Waals surface area contributed by atoms with Gasteiger partial charge in [-0.05, 0) is 54.6 Å². The van der Waals surface area contributed by atoms with Crippen LogP contribution in [0.15, 0.2) is 64.6 Å². The molecule has 0 atom stereocenters. The normalized spacial score (nSPS) is 16.9. The summed E-state index contributed by atoms with van der Waals surface area (Å²) in [6, 6.07) is 19.1. The highest BCUT2D eigenvalue weighted by Crippen LogP contribution is 2.40. The molecule has 8 heteroatoms. The summed E-state index contributed by atoms with van der Waals surface area (Å²) in [5.41, 5.74) is 1.21. The molecule has 2 aromatic heterocycles. The molecule has 1 saturated carbocycles. The lowest BCUT2D eigenvalue weighted by molar-refractivity contribution is 0.312. The number of hydrogen-bond donors (Lipinski definition) is 2. The molecule has 2 aliphatic rings. The molecule has 0 unspecified atom stereocenters. The van der Waals surface area contributed by atoms with Crippen LogP contribution in [0.4, 0.5) is 17.5 Å². The van der Waals surface area contributed by atoms with Gasteiger partial charge in [-0.2, -0.15) is 5.10 Å². The Balaban J connectivity index is 1.30. The van der Waals surface area contributed by atoms with Gasteiger partial charge < -0.3 is 15.1 Å². The summed E-state index contributed by atoms with van der Waals surface area (Å²) >= 11 is 1.60. The van der Waals surface area contributed by atoms with Gasteiger partial charge in [-0.15, -0.1) is 0 Å². The maximum absolute atomic E-state index is 4.93. The van der Waals surface area contributed by atoms with E-state index in [0.717, 1.165) is 53.7 Å². The highest BCUT2D eigenvalue weighted by atomic mass is 32.2. The number of H-pyrrole nitrogens is 1. The average Bonchev–Trinajstić information content (AvgIpc) is 3.58. The SMILES string of the molecule is CN1CCN(c2cc(Nc3cc(C4CC4)[nH]n3)nc(Sc3ccc4ccccc4c3)n2)CC1. The van der Waals surface area contributed by atoms with E-state index in [2.05, 4.69) is 80.9 Å². The first-order valence-electron chi connectivity index (χ1n) is 11.5. The lowest BCUT2D eigenvalue weighted by atomic mass is 10.1. The van der Waals surface area contributed by atoms with Gasteiger partial charge in [-0.1, -0.05) is 30.3 Å². The standard InChI is InChI=1S/C25H27N7S/c1-31-10-12-32(13-11-31)24-16-22(26-23-15-21(29-30-23)18-6-7-18)27-25(28-24)33-20-9-8-17-4-2-3-5-19(17)14-20/h2-5,8-9,14-16,18H,6-7,10-13H2,1H3,(H2,26,27,28,29,30). The molecule has 1 aliphatic carbocycles. The Morgan fingerprint density at radius 1 is 0.909 bits per heavy atom. The van der Waals surface area contributed by atoms with Gasteiger partial charge in [0.2, 0.25) is 0 Å². The number of likely N-dealkylation sites (N-methyl/N-ethyl adjacent to an activating group) is 1. The van der Waals surface area contributed by atoms with Crippen LogP contribution in [0.2, 0.25) is 0 Å². The van der Waals surface area contributed by atoms with Crippen molar-refractivity contribution in [2.45, 2.75) is 28.8 Å². The second kappa shape index (κ2) is 8.68. The van der Waals surface area contributed by atoms with Crippen molar-refractivity contribution in [2.75, 3.05) is 43.4 Å². The molecular weight excluding hydrogens is 430 g/mol. The van der Waals surface area contributed by atoms with Crippen molar-refractivity contribution in [2.24, 2.45) is 0 Å². The van der Waals surface area contributed by atoms with E-state index < -0.39 is 0 Å². The fourth-order valence-corrected chi connectivity index (χ4v) is 5.01. The maximum atomic E-state index is 4.93. The van der Waals surface area contributed by atoms with Crippen molar-refractivity contribution in [3.8, 4) is 0 Å². The molecule has 1 saturated heterocycles. The predicted octanol–water partition coefficient (Wildman–Crippen LogP) is 4.88. The Morgan fingerprint density at radius 2 is 1.73 bits per heavy atom. The molecule has 0 spiro atoms. The van der Waals surface area contributed by atoms with Gasteiger partial charge in [0.25, 0.3) is 0 Å². The number of aromatic nitrogens is 4. The highest BCUT2D eigenvalue weighted by Gasteiger charge is 2.25. The van der Waals surface area contributed by atoms with E-state index in [4.69, 9.17) is 9.97 Å². The Kier molecular flexibility index (Phi) is 5.39. The first-order chi connectivity index (χ1) is 16.2. The second-order valence-electron chi connectivity index (χ2n) is 8.90. The first kappa shape index (κ1) is 20.5. The number of nitrogens with one attached hydrogen (secondary N) is 2. The van der Waals surface area contributed by atoms with Gasteiger partial charge in [-0.3, -0.25) is 5.10 Å². The molecule has 4 aromatic rings. The minimum atomic E-state index is 0.637. The number of hydrogen-bond acceptors (Lipinski definition) is 7. The van der Waals surface area contributed by atoms with Crippen molar-refractivity contribution in [3.05, 3.63) is 60.3 Å². The van der Waals surface area contributed by atoms with Crippen molar-refractivity contribution in [1.82, 2.24) is 25.1 Å². The van der Waals surface area contributed by atoms with E-state index in [-0.39, 0.29) is 0 Å². The second-order valence-corrected chi connectivity index (χ2v) is 9.94. The topological polar surface area (TPSA) is 73.0 Å². The zero-order chi connectivity index (χ0) is 22.2. The molecule has 6 rings (SSSR count). The monoisotopic (exact) mass is 457 g/mol. The molecule has 0 amide bonds. The van der Waals surface area contributed by atoms with Crippen molar-refractivity contribution >= 4 is 40.0 Å². The summed E-state index contributed by atoms with van der Waals surface area (Å²) in [6.45, 7) is 3.98. The third-order valence-electron chi connectivity index (χ3n) is 6.32. The zero-order valence-corrected chi connectivity index (χ0v) is 19.5. The van der Waals surface area contributed by atoms with Gasteiger partial charge in [-0.25, -0.2) is 9.97 Å². The number of rotatable bonds is 6. The predicted molar refractivity (Wildman–Crippen MR) is 134 cm³/mol. The third kappa shape index (κ3) is 4.67. The van der Waals surface area contributed by atoms with Gasteiger partial charge in [0.05, 0.1) is 0 Å². The molecule has 2 fully saturated rings. The average molecular weight is 458 g/mol. The van der Waals surface area contributed by atoms with E-state index in [1.807, 2.05) is 6.07 Å². The molecule has 2 N–H and O–H groups in total. The van der Waals surface area contributed by atoms with Gasteiger partial charge in [0, 0.05) is 54.8 Å². The molecule has 1 aliphatic heterocycles. The van der Waals surface area contributed by atoms with E-state index in [1.165, 1.54) is 29.3 Å². The van der Waals surface area contributed by atoms with Gasteiger partial charge in [0.15, 0.2) is 11.0 Å². The Hall–Kier alpha value is -3.10. The van der Waals surface area contributed by atoms with Crippen molar-refractivity contribution in [1.29, 1.82) is 0 Å². The number of benzene rings is 2. The fraction of sp³-hybridized carbons (Fsp3) is 0.320. The van der Waals surface area contributed by atoms with Crippen LogP contribution in [-0.4, -0.2) is 58.3 Å². The van der Waals surface area contributed by atoms with Crippen LogP contribution in [0.3, 0.4) is 0 Å². The van der Waals surface area contributed by atoms with Crippen LogP contribution < -0.4 is 10.2 Å². The maximum Gasteiger partial charge on any atom is 0.196 e. The van der Waals surface area contributed by atoms with E-state index in [0.29, 0.717) is 5.92 Å². The molecule has 0 bridgehead atoms. The number of anilines is 3. The molecule has 0 radical (unpaired) electrons. The molecule has 168 valence electrons. The summed E-state index contributed by atoms with van der Waals surface area (Å²) in [5, 5.41) is 14.2. The van der Waals surface area contributed by atoms with Crippen LogP contribution in [0, 0.1) is 0 Å². The minimum absolute atomic E-state index is 0.637. The Morgan fingerprint density at radius 3 is 2.55 bits per heavy atom. The molecule has 7 nitrogen and oxygen atoms in total. The van der Waals surface area contributed by atoms with Crippen LogP contribution in [0.25, 0.3) is 10.8 Å². The van der Waals surface area contributed by atoms with E-state index >= 15 is 0 Å². The quantitative estimate of drug-likeness (QED) is 0.400. The summed E-state index contributed by atoms with van der Waals surface area (Å²) in [4.78, 5) is 15.6. The number of piperazine rings is 1. The van der Waals surface area contributed by atoms with E-state index in [9.17, 15) is 0 Å². The number of aromatic amines is 1. The lowest BCUT2D eigenvalue weighted by Gasteiger charge is -2.33. The fourth-order valence-electron chi connectivity index (χ4n) is 4.19. The molecular formula is C25H27N7S. The molecule has 2 aromatic carbocycles. The van der Waals surface area contributed by atoms with Crippen molar-refractivity contribution in [3.63, 3.8) is 0 Å². The van der Waals surface area contributed by atoms with Crippen LogP contribution in [0.5, 0.6) is 0 Å². The van der Waals surface area contributed by atoms with E-state index in [1.54, 1.807) is 11.8 Å². The molecule has 33 heavy (non-hydrogen) atoms. The zero-order valence-electron chi connectivity index (χ0n) is 18.7. The number of nitrogens with zero attached hydrogens (tertiary/aromatic N) is 5. The van der Waals surface area contributed by atoms with Crippen LogP contribution in [-0.2, 0) is 0 Å². The van der Waals surface area contributed by atoms with Gasteiger partial charge >= 0.3 is 0 Å². The smallest absolute Gasteiger partial charge is 0.196 e. The molecule has 3 heterocycles. The van der Waals surface area contributed by atoms with Crippen LogP contribution in [0.1, 0.15) is 24.5 Å². The summed E-state index contributed by atoms with van der Waals surface area (Å²) < 4.78 is 0.